The van der Waals surface area contributed by atoms with Crippen molar-refractivity contribution in [3.8, 4) is 0 Å². The normalized spacial score (nSPS) is 25.0. The van der Waals surface area contributed by atoms with Crippen molar-refractivity contribution in [2.24, 2.45) is 5.92 Å². The van der Waals surface area contributed by atoms with Crippen LogP contribution in [0.25, 0.3) is 0 Å². The minimum Gasteiger partial charge on any atom is -0.350 e. The van der Waals surface area contributed by atoms with Crippen molar-refractivity contribution in [1.29, 1.82) is 0 Å². The average molecular weight is 514 g/mol. The van der Waals surface area contributed by atoms with Gasteiger partial charge in [0.25, 0.3) is 0 Å². The van der Waals surface area contributed by atoms with E-state index in [1.807, 2.05) is 24.3 Å². The maximum atomic E-state index is 13.5. The number of fused-ring (bicyclic) bond motifs is 3. The molecular formula is C28H33Cl2N3O2. The molecule has 2 bridgehead atoms. The van der Waals surface area contributed by atoms with E-state index in [4.69, 9.17) is 23.2 Å². The summed E-state index contributed by atoms with van der Waals surface area (Å²) in [6, 6.07) is 15.2. The zero-order chi connectivity index (χ0) is 24.4. The van der Waals surface area contributed by atoms with Gasteiger partial charge in [0, 0.05) is 22.6 Å². The second-order valence-corrected chi connectivity index (χ2v) is 11.2. The van der Waals surface area contributed by atoms with Crippen molar-refractivity contribution in [1.82, 2.24) is 15.5 Å². The summed E-state index contributed by atoms with van der Waals surface area (Å²) >= 11 is 12.5. The van der Waals surface area contributed by atoms with E-state index in [1.165, 1.54) is 5.56 Å². The largest absolute Gasteiger partial charge is 0.350 e. The molecule has 35 heavy (non-hydrogen) atoms. The number of hydrogen-bond acceptors (Lipinski definition) is 3. The van der Waals surface area contributed by atoms with Crippen molar-refractivity contribution < 1.29 is 9.59 Å². The van der Waals surface area contributed by atoms with Gasteiger partial charge in [-0.15, -0.1) is 0 Å². The molecule has 1 aliphatic carbocycles. The molecule has 0 aromatic heterocycles. The van der Waals surface area contributed by atoms with Gasteiger partial charge in [-0.3, -0.25) is 9.59 Å². The van der Waals surface area contributed by atoms with E-state index in [1.54, 1.807) is 12.1 Å². The van der Waals surface area contributed by atoms with Crippen LogP contribution in [-0.4, -0.2) is 48.4 Å². The van der Waals surface area contributed by atoms with Gasteiger partial charge in [0.2, 0.25) is 11.8 Å². The van der Waals surface area contributed by atoms with Gasteiger partial charge >= 0.3 is 0 Å². The highest BCUT2D eigenvalue weighted by Gasteiger charge is 2.53. The van der Waals surface area contributed by atoms with Gasteiger partial charge in [0.1, 0.15) is 6.04 Å². The molecule has 2 atom stereocenters. The van der Waals surface area contributed by atoms with E-state index >= 15 is 0 Å². The number of carbonyl (C=O) groups is 2. The van der Waals surface area contributed by atoms with Crippen molar-refractivity contribution in [3.05, 3.63) is 69.7 Å². The van der Waals surface area contributed by atoms with Crippen LogP contribution >= 0.6 is 23.2 Å². The van der Waals surface area contributed by atoms with Crippen LogP contribution in [0.2, 0.25) is 10.0 Å². The van der Waals surface area contributed by atoms with Crippen molar-refractivity contribution >= 4 is 35.0 Å². The molecule has 3 aliphatic heterocycles. The maximum Gasteiger partial charge on any atom is 0.242 e. The Balaban J connectivity index is 1.28. The molecule has 1 unspecified atom stereocenters. The predicted octanol–water partition coefficient (Wildman–Crippen LogP) is 4.74. The third-order valence-electron chi connectivity index (χ3n) is 8.04. The number of carbonyl (C=O) groups excluding carboxylic acids is 2. The highest BCUT2D eigenvalue weighted by atomic mass is 35.5. The molecule has 2 amide bonds. The topological polar surface area (TPSA) is 61.4 Å². The minimum absolute atomic E-state index is 0.0665. The Kier molecular flexibility index (Phi) is 7.38. The molecular weight excluding hydrogens is 481 g/mol. The maximum absolute atomic E-state index is 13.5. The number of halogens is 2. The Morgan fingerprint density at radius 1 is 1.06 bits per heavy atom. The highest BCUT2D eigenvalue weighted by molar-refractivity contribution is 6.35. The fourth-order valence-corrected chi connectivity index (χ4v) is 6.34. The molecule has 4 fully saturated rings. The van der Waals surface area contributed by atoms with Gasteiger partial charge in [0.15, 0.2) is 0 Å². The van der Waals surface area contributed by atoms with E-state index in [0.717, 1.165) is 63.7 Å². The third-order valence-corrected chi connectivity index (χ3v) is 8.59. The smallest absolute Gasteiger partial charge is 0.242 e. The van der Waals surface area contributed by atoms with Gasteiger partial charge in [-0.05, 0) is 87.2 Å². The molecule has 1 saturated carbocycles. The number of nitrogens with one attached hydrogen (secondary N) is 2. The molecule has 2 N–H and O–H groups in total. The van der Waals surface area contributed by atoms with E-state index in [9.17, 15) is 9.59 Å². The number of benzene rings is 2. The van der Waals surface area contributed by atoms with Gasteiger partial charge in [0.05, 0.1) is 5.41 Å². The van der Waals surface area contributed by atoms with E-state index in [-0.39, 0.29) is 17.9 Å². The summed E-state index contributed by atoms with van der Waals surface area (Å²) in [4.78, 5) is 29.4. The second kappa shape index (κ2) is 10.5. The number of hydrogen-bond donors (Lipinski definition) is 2. The first-order valence-electron chi connectivity index (χ1n) is 12.8. The summed E-state index contributed by atoms with van der Waals surface area (Å²) in [5.41, 5.74) is 1.36. The molecule has 5 nitrogen and oxygen atoms in total. The molecule has 3 heterocycles. The summed E-state index contributed by atoms with van der Waals surface area (Å²) in [6.45, 7) is 3.16. The van der Waals surface area contributed by atoms with Gasteiger partial charge in [-0.25, -0.2) is 0 Å². The number of rotatable bonds is 9. The zero-order valence-corrected chi connectivity index (χ0v) is 21.5. The van der Waals surface area contributed by atoms with Crippen LogP contribution in [0.15, 0.2) is 48.5 Å². The SMILES string of the molecule is O=C(N[C@@H]1CN2CCC1CC2)C(CCCc1ccccc1)NC(=O)C1(c2ccc(Cl)cc2Cl)CC1. The van der Waals surface area contributed by atoms with E-state index < -0.39 is 11.5 Å². The first kappa shape index (κ1) is 24.6. The van der Waals surface area contributed by atoms with Gasteiger partial charge in [-0.1, -0.05) is 59.6 Å². The third kappa shape index (κ3) is 5.52. The summed E-state index contributed by atoms with van der Waals surface area (Å²) in [7, 11) is 0. The summed E-state index contributed by atoms with van der Waals surface area (Å²) in [5, 5.41) is 7.47. The Bertz CT molecular complexity index is 1070. The Labute approximate surface area is 217 Å². The highest BCUT2D eigenvalue weighted by Crippen LogP contribution is 2.51. The first-order chi connectivity index (χ1) is 16.9. The number of amides is 2. The minimum atomic E-state index is -0.671. The summed E-state index contributed by atoms with van der Waals surface area (Å²) < 4.78 is 0. The van der Waals surface area contributed by atoms with E-state index in [2.05, 4.69) is 27.7 Å². The van der Waals surface area contributed by atoms with Crippen LogP contribution in [0.4, 0.5) is 0 Å². The number of piperidine rings is 3. The molecule has 2 aromatic carbocycles. The average Bonchev–Trinajstić information content (AvgIpc) is 3.66. The fourth-order valence-electron chi connectivity index (χ4n) is 5.75. The lowest BCUT2D eigenvalue weighted by atomic mass is 9.84. The molecule has 3 saturated heterocycles. The Morgan fingerprint density at radius 2 is 1.80 bits per heavy atom. The number of nitrogens with zero attached hydrogens (tertiary/aromatic N) is 1. The standard InChI is InChI=1S/C28H33Cl2N3O2/c29-21-9-10-22(23(30)17-21)28(13-14-28)27(35)32-24(8-4-7-19-5-2-1-3-6-19)26(34)31-25-18-33-15-11-20(25)12-16-33/h1-3,5-6,9-10,17,20,24-25H,4,7-8,11-16,18H2,(H,31,34)(H,32,35)/t24?,25-/m1/s1. The Hall–Kier alpha value is -2.08. The Morgan fingerprint density at radius 3 is 2.43 bits per heavy atom. The molecule has 2 aromatic rings. The summed E-state index contributed by atoms with van der Waals surface area (Å²) in [5.74, 6) is 0.353. The van der Waals surface area contributed by atoms with Crippen molar-refractivity contribution in [2.45, 2.75) is 62.4 Å². The molecule has 4 aliphatic rings. The molecule has 186 valence electrons. The van der Waals surface area contributed by atoms with Crippen molar-refractivity contribution in [3.63, 3.8) is 0 Å². The lowest BCUT2D eigenvalue weighted by molar-refractivity contribution is -0.131. The van der Waals surface area contributed by atoms with Crippen LogP contribution in [0.5, 0.6) is 0 Å². The lowest BCUT2D eigenvalue weighted by Crippen LogP contribution is -2.60. The van der Waals surface area contributed by atoms with Crippen LogP contribution < -0.4 is 10.6 Å². The fraction of sp³-hybridized carbons (Fsp3) is 0.500. The zero-order valence-electron chi connectivity index (χ0n) is 19.9. The summed E-state index contributed by atoms with van der Waals surface area (Å²) in [6.07, 6.45) is 5.99. The van der Waals surface area contributed by atoms with Crippen LogP contribution in [0.3, 0.4) is 0 Å². The van der Waals surface area contributed by atoms with Crippen LogP contribution in [-0.2, 0) is 21.4 Å². The second-order valence-electron chi connectivity index (χ2n) is 10.4. The van der Waals surface area contributed by atoms with E-state index in [0.29, 0.717) is 22.4 Å². The van der Waals surface area contributed by atoms with Gasteiger partial charge < -0.3 is 15.5 Å². The van der Waals surface area contributed by atoms with Gasteiger partial charge in [-0.2, -0.15) is 0 Å². The first-order valence-corrected chi connectivity index (χ1v) is 13.5. The molecule has 7 heteroatoms. The van der Waals surface area contributed by atoms with Crippen LogP contribution in [0, 0.1) is 5.92 Å². The molecule has 0 spiro atoms. The quantitative estimate of drug-likeness (QED) is 0.508. The lowest BCUT2D eigenvalue weighted by Gasteiger charge is -2.45. The molecule has 0 radical (unpaired) electrons. The number of aryl methyl sites for hydroxylation is 1. The van der Waals surface area contributed by atoms with Crippen LogP contribution in [0.1, 0.15) is 49.7 Å². The monoisotopic (exact) mass is 513 g/mol. The molecule has 6 rings (SSSR count). The predicted molar refractivity (Wildman–Crippen MR) is 140 cm³/mol. The van der Waals surface area contributed by atoms with Crippen molar-refractivity contribution in [2.75, 3.05) is 19.6 Å².